The summed E-state index contributed by atoms with van der Waals surface area (Å²) in [5.74, 6) is -0.645. The number of carbonyl (C=O) groups excluding carboxylic acids is 1. The van der Waals surface area contributed by atoms with Crippen LogP contribution in [0.15, 0.2) is 6.07 Å². The molecule has 0 bridgehead atoms. The molecule has 1 aromatic heterocycles. The number of thiophene rings is 1. The van der Waals surface area contributed by atoms with Crippen molar-refractivity contribution in [2.24, 2.45) is 0 Å². The predicted molar refractivity (Wildman–Crippen MR) is 102 cm³/mol. The summed E-state index contributed by atoms with van der Waals surface area (Å²) in [6.45, 7) is 6.23. The third-order valence-electron chi connectivity index (χ3n) is 6.06. The number of carboxylic acid groups (broad SMARTS) is 1. The Bertz CT molecular complexity index is 719. The first-order valence-corrected chi connectivity index (χ1v) is 10.5. The van der Waals surface area contributed by atoms with Crippen LogP contribution in [-0.2, 0) is 21.6 Å². The second kappa shape index (κ2) is 7.50. The van der Waals surface area contributed by atoms with Crippen LogP contribution in [-0.4, -0.2) is 91.2 Å². The highest BCUT2D eigenvalue weighted by atomic mass is 32.1. The lowest BCUT2D eigenvalue weighted by Gasteiger charge is -2.44. The lowest BCUT2D eigenvalue weighted by Crippen LogP contribution is -2.52. The van der Waals surface area contributed by atoms with E-state index < -0.39 is 5.97 Å². The number of carbonyl (C=O) groups is 2. The molecule has 0 radical (unpaired) electrons. The van der Waals surface area contributed by atoms with Crippen molar-refractivity contribution in [2.45, 2.75) is 24.9 Å². The molecule has 2 fully saturated rings. The summed E-state index contributed by atoms with van der Waals surface area (Å²) in [6.07, 6.45) is 2.41. The maximum absolute atomic E-state index is 12.6. The van der Waals surface area contributed by atoms with Crippen molar-refractivity contribution in [2.75, 3.05) is 59.5 Å². The van der Waals surface area contributed by atoms with Crippen LogP contribution in [0, 0.1) is 0 Å². The zero-order chi connectivity index (χ0) is 19.0. The van der Waals surface area contributed by atoms with Gasteiger partial charge in [0.25, 0.3) is 0 Å². The molecule has 0 atom stereocenters. The van der Waals surface area contributed by atoms with E-state index in [2.05, 4.69) is 16.8 Å². The Morgan fingerprint density at radius 3 is 2.56 bits per heavy atom. The number of likely N-dealkylation sites (tertiary alicyclic amines) is 1. The van der Waals surface area contributed by atoms with Crippen LogP contribution in [0.25, 0.3) is 0 Å². The molecule has 8 heteroatoms. The molecule has 148 valence electrons. The fraction of sp³-hybridized carbons (Fsp3) is 0.684. The van der Waals surface area contributed by atoms with E-state index in [0.717, 1.165) is 69.0 Å². The molecule has 1 aromatic rings. The highest BCUT2D eigenvalue weighted by molar-refractivity contribution is 7.14. The molecule has 0 aromatic carbocycles. The summed E-state index contributed by atoms with van der Waals surface area (Å²) in [7, 11) is 2.09. The number of hydrogen-bond donors (Lipinski definition) is 1. The van der Waals surface area contributed by atoms with Crippen molar-refractivity contribution in [3.05, 3.63) is 21.4 Å². The Labute approximate surface area is 163 Å². The van der Waals surface area contributed by atoms with Gasteiger partial charge in [-0.1, -0.05) is 0 Å². The first-order valence-electron chi connectivity index (χ1n) is 9.66. The molecular weight excluding hydrogens is 366 g/mol. The van der Waals surface area contributed by atoms with Gasteiger partial charge in [0.1, 0.15) is 10.5 Å². The molecule has 1 N–H and O–H groups in total. The van der Waals surface area contributed by atoms with Crippen LogP contribution >= 0.6 is 11.3 Å². The van der Waals surface area contributed by atoms with Gasteiger partial charge in [-0.05, 0) is 37.9 Å². The minimum absolute atomic E-state index is 0.216. The lowest BCUT2D eigenvalue weighted by molar-refractivity contribution is -0.137. The highest BCUT2D eigenvalue weighted by Gasteiger charge is 2.43. The zero-order valence-corrected chi connectivity index (χ0v) is 16.6. The van der Waals surface area contributed by atoms with Crippen LogP contribution < -0.4 is 0 Å². The molecular formula is C19H27N3O4S. The smallest absolute Gasteiger partial charge is 0.345 e. The molecule has 3 aliphatic rings. The number of aromatic carboxylic acids is 1. The summed E-state index contributed by atoms with van der Waals surface area (Å²) in [6, 6.07) is 1.82. The number of nitrogens with zero attached hydrogens (tertiary/aromatic N) is 3. The summed E-state index contributed by atoms with van der Waals surface area (Å²) in [4.78, 5) is 31.9. The molecule has 4 rings (SSSR count). The maximum atomic E-state index is 12.6. The number of likely N-dealkylation sites (N-methyl/N-ethyl adjacent to an activating group) is 1. The van der Waals surface area contributed by atoms with E-state index in [1.807, 2.05) is 11.0 Å². The topological polar surface area (TPSA) is 73.3 Å². The maximum Gasteiger partial charge on any atom is 0.345 e. The van der Waals surface area contributed by atoms with Crippen LogP contribution in [0.2, 0.25) is 0 Å². The molecule has 4 heterocycles. The number of piperazine rings is 1. The molecule has 27 heavy (non-hydrogen) atoms. The van der Waals surface area contributed by atoms with Crippen molar-refractivity contribution in [1.82, 2.24) is 14.7 Å². The van der Waals surface area contributed by atoms with Gasteiger partial charge in [0.2, 0.25) is 5.91 Å². The minimum atomic E-state index is -0.861. The second-order valence-electron chi connectivity index (χ2n) is 7.82. The fourth-order valence-electron chi connectivity index (χ4n) is 4.32. The average molecular weight is 394 g/mol. The standard InChI is InChI=1S/C19H27N3O4S/c1-20-7-9-22(10-8-20)16(23)13-21-5-3-19(4-6-21)17-14(2-11-26-19)12-15(27-17)18(24)25/h12H,2-11,13H2,1H3,(H,24,25). The Kier molecular flexibility index (Phi) is 5.24. The van der Waals surface area contributed by atoms with Crippen LogP contribution in [0.5, 0.6) is 0 Å². The first kappa shape index (κ1) is 18.9. The van der Waals surface area contributed by atoms with E-state index in [0.29, 0.717) is 18.0 Å². The fourth-order valence-corrected chi connectivity index (χ4v) is 5.57. The van der Waals surface area contributed by atoms with Crippen LogP contribution in [0.4, 0.5) is 0 Å². The second-order valence-corrected chi connectivity index (χ2v) is 8.88. The molecule has 0 unspecified atom stereocenters. The summed E-state index contributed by atoms with van der Waals surface area (Å²) in [5, 5.41) is 9.32. The van der Waals surface area contributed by atoms with Crippen LogP contribution in [0.3, 0.4) is 0 Å². The van der Waals surface area contributed by atoms with E-state index >= 15 is 0 Å². The van der Waals surface area contributed by atoms with Gasteiger partial charge in [-0.2, -0.15) is 0 Å². The third-order valence-corrected chi connectivity index (χ3v) is 7.41. The van der Waals surface area contributed by atoms with Crippen molar-refractivity contribution in [1.29, 1.82) is 0 Å². The van der Waals surface area contributed by atoms with Crippen molar-refractivity contribution >= 4 is 23.2 Å². The summed E-state index contributed by atoms with van der Waals surface area (Å²) >= 11 is 1.36. The third kappa shape index (κ3) is 3.76. The van der Waals surface area contributed by atoms with E-state index in [9.17, 15) is 14.7 Å². The van der Waals surface area contributed by atoms with Gasteiger partial charge in [-0.3, -0.25) is 9.69 Å². The van der Waals surface area contributed by atoms with Crippen molar-refractivity contribution < 1.29 is 19.4 Å². The van der Waals surface area contributed by atoms with Crippen molar-refractivity contribution in [3.63, 3.8) is 0 Å². The van der Waals surface area contributed by atoms with Gasteiger partial charge in [-0.25, -0.2) is 4.79 Å². The molecule has 0 aliphatic carbocycles. The largest absolute Gasteiger partial charge is 0.477 e. The normalized spacial score (nSPS) is 23.4. The van der Waals surface area contributed by atoms with E-state index in [4.69, 9.17) is 4.74 Å². The summed E-state index contributed by atoms with van der Waals surface area (Å²) < 4.78 is 6.20. The van der Waals surface area contributed by atoms with E-state index in [-0.39, 0.29) is 11.5 Å². The number of hydrogen-bond acceptors (Lipinski definition) is 6. The van der Waals surface area contributed by atoms with Crippen molar-refractivity contribution in [3.8, 4) is 0 Å². The lowest BCUT2D eigenvalue weighted by atomic mass is 9.85. The summed E-state index contributed by atoms with van der Waals surface area (Å²) in [5.41, 5.74) is 0.768. The van der Waals surface area contributed by atoms with E-state index in [1.54, 1.807) is 0 Å². The molecule has 3 aliphatic heterocycles. The predicted octanol–water partition coefficient (Wildman–Crippen LogP) is 1.08. The Morgan fingerprint density at radius 1 is 1.19 bits per heavy atom. The highest BCUT2D eigenvalue weighted by Crippen LogP contribution is 2.45. The Morgan fingerprint density at radius 2 is 1.89 bits per heavy atom. The monoisotopic (exact) mass is 393 g/mol. The Hall–Kier alpha value is -1.48. The van der Waals surface area contributed by atoms with Gasteiger partial charge in [0, 0.05) is 44.1 Å². The quantitative estimate of drug-likeness (QED) is 0.829. The number of ether oxygens (including phenoxy) is 1. The van der Waals surface area contributed by atoms with Crippen LogP contribution in [0.1, 0.15) is 33.0 Å². The molecule has 0 saturated carbocycles. The van der Waals surface area contributed by atoms with E-state index in [1.165, 1.54) is 11.3 Å². The zero-order valence-electron chi connectivity index (χ0n) is 15.8. The average Bonchev–Trinajstić information content (AvgIpc) is 3.11. The minimum Gasteiger partial charge on any atom is -0.477 e. The Balaban J connectivity index is 1.38. The van der Waals surface area contributed by atoms with Gasteiger partial charge in [-0.15, -0.1) is 11.3 Å². The van der Waals surface area contributed by atoms with Gasteiger partial charge >= 0.3 is 5.97 Å². The number of piperidine rings is 1. The molecule has 2 saturated heterocycles. The first-order chi connectivity index (χ1) is 13.0. The molecule has 1 spiro atoms. The number of fused-ring (bicyclic) bond motifs is 2. The molecule has 1 amide bonds. The molecule has 7 nitrogen and oxygen atoms in total. The number of carboxylic acids is 1. The van der Waals surface area contributed by atoms with Gasteiger partial charge in [0.05, 0.1) is 13.2 Å². The number of rotatable bonds is 3. The van der Waals surface area contributed by atoms with Gasteiger partial charge < -0.3 is 19.6 Å². The number of amides is 1. The van der Waals surface area contributed by atoms with Gasteiger partial charge in [0.15, 0.2) is 0 Å². The SMILES string of the molecule is CN1CCN(C(=O)CN2CCC3(CC2)OCCc2cc(C(=O)O)sc23)CC1.